The van der Waals surface area contributed by atoms with Crippen LogP contribution in [0, 0.1) is 11.3 Å². The Bertz CT molecular complexity index is 341. The molecular weight excluding hydrogens is 230 g/mol. The molecule has 4 heteroatoms. The number of nitrogens with zero attached hydrogens (tertiary/aromatic N) is 2. The van der Waals surface area contributed by atoms with E-state index in [2.05, 4.69) is 32.3 Å². The van der Waals surface area contributed by atoms with Gasteiger partial charge in [0.1, 0.15) is 5.54 Å². The molecule has 0 atom stereocenters. The first-order valence-electron chi connectivity index (χ1n) is 3.83. The van der Waals surface area contributed by atoms with Crippen LogP contribution in [0.2, 0.25) is 0 Å². The number of aromatic nitrogens is 1. The molecule has 1 rings (SSSR count). The van der Waals surface area contributed by atoms with Crippen molar-refractivity contribution in [3.63, 3.8) is 0 Å². The van der Waals surface area contributed by atoms with Gasteiger partial charge >= 0.3 is 0 Å². The summed E-state index contributed by atoms with van der Waals surface area (Å²) < 4.78 is 0.895. The zero-order valence-corrected chi connectivity index (χ0v) is 9.09. The zero-order chi connectivity index (χ0) is 9.90. The average molecular weight is 240 g/mol. The number of nitrogens with one attached hydrogen (secondary N) is 1. The molecule has 0 saturated carbocycles. The first kappa shape index (κ1) is 10.0. The standard InChI is InChI=1S/C9H10BrN3/c1-9(2,6-11)13-8-3-7(10)4-12-5-8/h3-5,13H,1-2H3. The molecule has 3 nitrogen and oxygen atoms in total. The second kappa shape index (κ2) is 3.75. The normalized spacial score (nSPS) is 10.6. The van der Waals surface area contributed by atoms with Gasteiger partial charge in [0.25, 0.3) is 0 Å². The molecule has 0 aromatic carbocycles. The maximum Gasteiger partial charge on any atom is 0.119 e. The number of hydrogen-bond donors (Lipinski definition) is 1. The Morgan fingerprint density at radius 2 is 2.23 bits per heavy atom. The molecule has 1 heterocycles. The zero-order valence-electron chi connectivity index (χ0n) is 7.50. The molecular formula is C9H10BrN3. The van der Waals surface area contributed by atoms with Crippen LogP contribution in [0.5, 0.6) is 0 Å². The van der Waals surface area contributed by atoms with Gasteiger partial charge in [0.2, 0.25) is 0 Å². The lowest BCUT2D eigenvalue weighted by molar-refractivity contribution is 0.728. The maximum absolute atomic E-state index is 8.78. The molecule has 0 bridgehead atoms. The molecule has 1 aromatic rings. The van der Waals surface area contributed by atoms with Crippen LogP contribution in [-0.4, -0.2) is 10.5 Å². The number of nitriles is 1. The van der Waals surface area contributed by atoms with Crippen molar-refractivity contribution in [2.75, 3.05) is 5.32 Å². The largest absolute Gasteiger partial charge is 0.367 e. The van der Waals surface area contributed by atoms with Crippen LogP contribution in [0.3, 0.4) is 0 Å². The predicted octanol–water partition coefficient (Wildman–Crippen LogP) is 2.56. The number of pyridine rings is 1. The van der Waals surface area contributed by atoms with Crippen molar-refractivity contribution >= 4 is 21.6 Å². The Balaban J connectivity index is 2.82. The first-order chi connectivity index (χ1) is 6.03. The van der Waals surface area contributed by atoms with E-state index in [9.17, 15) is 0 Å². The summed E-state index contributed by atoms with van der Waals surface area (Å²) in [6.07, 6.45) is 3.38. The Hall–Kier alpha value is -1.08. The summed E-state index contributed by atoms with van der Waals surface area (Å²) in [7, 11) is 0. The van der Waals surface area contributed by atoms with Crippen molar-refractivity contribution in [1.29, 1.82) is 5.26 Å². The SMILES string of the molecule is CC(C)(C#N)Nc1cncc(Br)c1. The summed E-state index contributed by atoms with van der Waals surface area (Å²) in [5, 5.41) is 11.8. The van der Waals surface area contributed by atoms with Crippen LogP contribution in [0.1, 0.15) is 13.8 Å². The summed E-state index contributed by atoms with van der Waals surface area (Å²) >= 11 is 3.31. The molecule has 0 aliphatic rings. The van der Waals surface area contributed by atoms with Crippen LogP contribution >= 0.6 is 15.9 Å². The van der Waals surface area contributed by atoms with Crippen LogP contribution < -0.4 is 5.32 Å². The number of halogens is 1. The molecule has 0 aliphatic heterocycles. The summed E-state index contributed by atoms with van der Waals surface area (Å²) in [6.45, 7) is 3.63. The fourth-order valence-electron chi connectivity index (χ4n) is 0.869. The minimum Gasteiger partial charge on any atom is -0.367 e. The highest BCUT2D eigenvalue weighted by atomic mass is 79.9. The van der Waals surface area contributed by atoms with E-state index < -0.39 is 5.54 Å². The lowest BCUT2D eigenvalue weighted by Crippen LogP contribution is -2.28. The Morgan fingerprint density at radius 3 is 2.77 bits per heavy atom. The van der Waals surface area contributed by atoms with E-state index in [-0.39, 0.29) is 0 Å². The van der Waals surface area contributed by atoms with Gasteiger partial charge in [0.15, 0.2) is 0 Å². The van der Waals surface area contributed by atoms with Crippen LogP contribution in [0.15, 0.2) is 22.9 Å². The third kappa shape index (κ3) is 3.03. The van der Waals surface area contributed by atoms with Crippen LogP contribution in [-0.2, 0) is 0 Å². The molecule has 13 heavy (non-hydrogen) atoms. The van der Waals surface area contributed by atoms with E-state index in [1.165, 1.54) is 0 Å². The molecule has 0 radical (unpaired) electrons. The summed E-state index contributed by atoms with van der Waals surface area (Å²) in [6, 6.07) is 4.04. The first-order valence-corrected chi connectivity index (χ1v) is 4.63. The lowest BCUT2D eigenvalue weighted by atomic mass is 10.1. The smallest absolute Gasteiger partial charge is 0.119 e. The average Bonchev–Trinajstić information content (AvgIpc) is 2.03. The second-order valence-corrected chi connectivity index (χ2v) is 4.17. The third-order valence-electron chi connectivity index (χ3n) is 1.44. The van der Waals surface area contributed by atoms with Gasteiger partial charge in [-0.05, 0) is 35.8 Å². The molecule has 1 N–H and O–H groups in total. The van der Waals surface area contributed by atoms with Crippen LogP contribution in [0.25, 0.3) is 0 Å². The van der Waals surface area contributed by atoms with E-state index in [0.717, 1.165) is 10.2 Å². The minimum atomic E-state index is -0.567. The maximum atomic E-state index is 8.78. The van der Waals surface area contributed by atoms with E-state index in [1.807, 2.05) is 19.9 Å². The van der Waals surface area contributed by atoms with E-state index in [1.54, 1.807) is 12.4 Å². The lowest BCUT2D eigenvalue weighted by Gasteiger charge is -2.18. The van der Waals surface area contributed by atoms with Gasteiger partial charge in [-0.1, -0.05) is 0 Å². The molecule has 68 valence electrons. The van der Waals surface area contributed by atoms with Gasteiger partial charge in [0, 0.05) is 10.7 Å². The van der Waals surface area contributed by atoms with Crippen molar-refractivity contribution in [1.82, 2.24) is 4.98 Å². The summed E-state index contributed by atoms with van der Waals surface area (Å²) in [5.41, 5.74) is 0.267. The topological polar surface area (TPSA) is 48.7 Å². The Morgan fingerprint density at radius 1 is 1.54 bits per heavy atom. The van der Waals surface area contributed by atoms with E-state index in [4.69, 9.17) is 5.26 Å². The molecule has 1 aromatic heterocycles. The van der Waals surface area contributed by atoms with Crippen molar-refractivity contribution in [3.05, 3.63) is 22.9 Å². The summed E-state index contributed by atoms with van der Waals surface area (Å²) in [5.74, 6) is 0. The van der Waals surface area contributed by atoms with Crippen molar-refractivity contribution < 1.29 is 0 Å². The molecule has 0 saturated heterocycles. The minimum absolute atomic E-state index is 0.567. The molecule has 0 unspecified atom stereocenters. The monoisotopic (exact) mass is 239 g/mol. The van der Waals surface area contributed by atoms with Crippen molar-refractivity contribution in [2.45, 2.75) is 19.4 Å². The highest BCUT2D eigenvalue weighted by Crippen LogP contribution is 2.17. The molecule has 0 aliphatic carbocycles. The van der Waals surface area contributed by atoms with Gasteiger partial charge in [-0.3, -0.25) is 4.98 Å². The number of anilines is 1. The quantitative estimate of drug-likeness (QED) is 0.864. The molecule has 0 spiro atoms. The van der Waals surface area contributed by atoms with Gasteiger partial charge in [0.05, 0.1) is 18.0 Å². The fourth-order valence-corrected chi connectivity index (χ4v) is 1.23. The third-order valence-corrected chi connectivity index (χ3v) is 1.87. The molecule has 0 fully saturated rings. The summed E-state index contributed by atoms with van der Waals surface area (Å²) in [4.78, 5) is 3.98. The predicted molar refractivity (Wildman–Crippen MR) is 55.3 cm³/mol. The van der Waals surface area contributed by atoms with Gasteiger partial charge < -0.3 is 5.32 Å². The van der Waals surface area contributed by atoms with E-state index in [0.29, 0.717) is 0 Å². The highest BCUT2D eigenvalue weighted by Gasteiger charge is 2.15. The highest BCUT2D eigenvalue weighted by molar-refractivity contribution is 9.10. The fraction of sp³-hybridized carbons (Fsp3) is 0.333. The van der Waals surface area contributed by atoms with Gasteiger partial charge in [-0.15, -0.1) is 0 Å². The van der Waals surface area contributed by atoms with Crippen molar-refractivity contribution in [3.8, 4) is 6.07 Å². The molecule has 0 amide bonds. The second-order valence-electron chi connectivity index (χ2n) is 3.25. The van der Waals surface area contributed by atoms with Gasteiger partial charge in [-0.25, -0.2) is 0 Å². The number of hydrogen-bond acceptors (Lipinski definition) is 3. The van der Waals surface area contributed by atoms with Crippen molar-refractivity contribution in [2.24, 2.45) is 0 Å². The Kier molecular flexibility index (Phi) is 2.89. The number of rotatable bonds is 2. The van der Waals surface area contributed by atoms with Gasteiger partial charge in [-0.2, -0.15) is 5.26 Å². The Labute approximate surface area is 85.9 Å². The van der Waals surface area contributed by atoms with Crippen LogP contribution in [0.4, 0.5) is 5.69 Å². The van der Waals surface area contributed by atoms with E-state index >= 15 is 0 Å².